The molecule has 0 aliphatic carbocycles. The highest BCUT2D eigenvalue weighted by Gasteiger charge is 2.22. The van der Waals surface area contributed by atoms with Crippen LogP contribution in [0.15, 0.2) is 48.5 Å². The molecule has 4 heteroatoms. The van der Waals surface area contributed by atoms with Crippen LogP contribution in [-0.2, 0) is 9.53 Å². The molecule has 0 aliphatic rings. The van der Waals surface area contributed by atoms with Crippen LogP contribution >= 0.6 is 0 Å². The van der Waals surface area contributed by atoms with Gasteiger partial charge in [-0.05, 0) is 42.3 Å². The normalized spacial score (nSPS) is 11.6. The highest BCUT2D eigenvalue weighted by Crippen LogP contribution is 2.23. The maximum absolute atomic E-state index is 12.0. The standard InChI is InChI=1S/C18H20O4/c1-13-5-4-6-16(11-13)22-12-17(18(19)21-3)14-7-9-15(20-2)10-8-14/h4-11,17H,12H2,1-3H3. The van der Waals surface area contributed by atoms with E-state index in [1.807, 2.05) is 55.5 Å². The number of methoxy groups -OCH3 is 2. The molecule has 22 heavy (non-hydrogen) atoms. The van der Waals surface area contributed by atoms with E-state index in [0.29, 0.717) is 0 Å². The van der Waals surface area contributed by atoms with E-state index in [0.717, 1.165) is 22.6 Å². The van der Waals surface area contributed by atoms with Gasteiger partial charge in [0.25, 0.3) is 0 Å². The van der Waals surface area contributed by atoms with Gasteiger partial charge in [-0.15, -0.1) is 0 Å². The Kier molecular flexibility index (Phi) is 5.42. The van der Waals surface area contributed by atoms with Crippen LogP contribution in [0.25, 0.3) is 0 Å². The fraction of sp³-hybridized carbons (Fsp3) is 0.278. The van der Waals surface area contributed by atoms with E-state index in [2.05, 4.69) is 0 Å². The molecule has 0 heterocycles. The zero-order valence-corrected chi connectivity index (χ0v) is 13.0. The van der Waals surface area contributed by atoms with Crippen LogP contribution in [0.1, 0.15) is 17.0 Å². The first-order valence-electron chi connectivity index (χ1n) is 7.05. The fourth-order valence-corrected chi connectivity index (χ4v) is 2.16. The number of ether oxygens (including phenoxy) is 3. The van der Waals surface area contributed by atoms with Crippen LogP contribution < -0.4 is 9.47 Å². The van der Waals surface area contributed by atoms with Crippen LogP contribution in [-0.4, -0.2) is 26.8 Å². The number of carbonyl (C=O) groups excluding carboxylic acids is 1. The molecular formula is C18H20O4. The Morgan fingerprint density at radius 3 is 2.36 bits per heavy atom. The van der Waals surface area contributed by atoms with Crippen molar-refractivity contribution in [1.29, 1.82) is 0 Å². The van der Waals surface area contributed by atoms with Gasteiger partial charge in [0.05, 0.1) is 14.2 Å². The van der Waals surface area contributed by atoms with Gasteiger partial charge in [-0.3, -0.25) is 4.79 Å². The number of esters is 1. The quantitative estimate of drug-likeness (QED) is 0.768. The van der Waals surface area contributed by atoms with Gasteiger partial charge >= 0.3 is 5.97 Å². The first-order chi connectivity index (χ1) is 10.6. The van der Waals surface area contributed by atoms with E-state index < -0.39 is 5.92 Å². The zero-order chi connectivity index (χ0) is 15.9. The largest absolute Gasteiger partial charge is 0.497 e. The summed E-state index contributed by atoms with van der Waals surface area (Å²) in [5, 5.41) is 0. The molecule has 0 radical (unpaired) electrons. The van der Waals surface area contributed by atoms with Gasteiger partial charge in [-0.25, -0.2) is 0 Å². The molecule has 1 atom stereocenters. The van der Waals surface area contributed by atoms with Crippen molar-refractivity contribution in [3.8, 4) is 11.5 Å². The minimum absolute atomic E-state index is 0.225. The summed E-state index contributed by atoms with van der Waals surface area (Å²) >= 11 is 0. The van der Waals surface area contributed by atoms with Crippen molar-refractivity contribution in [2.45, 2.75) is 12.8 Å². The average molecular weight is 300 g/mol. The Morgan fingerprint density at radius 2 is 1.77 bits per heavy atom. The predicted octanol–water partition coefficient (Wildman–Crippen LogP) is 3.34. The second kappa shape index (κ2) is 7.50. The van der Waals surface area contributed by atoms with Crippen LogP contribution in [0.5, 0.6) is 11.5 Å². The molecule has 116 valence electrons. The number of hydrogen-bond acceptors (Lipinski definition) is 4. The Balaban J connectivity index is 2.13. The lowest BCUT2D eigenvalue weighted by Gasteiger charge is -2.16. The molecule has 2 aromatic rings. The molecular weight excluding hydrogens is 280 g/mol. The Morgan fingerprint density at radius 1 is 1.05 bits per heavy atom. The summed E-state index contributed by atoms with van der Waals surface area (Å²) in [5.41, 5.74) is 1.94. The second-order valence-corrected chi connectivity index (χ2v) is 4.98. The van der Waals surface area contributed by atoms with E-state index >= 15 is 0 Å². The Bertz CT molecular complexity index is 619. The monoisotopic (exact) mass is 300 g/mol. The topological polar surface area (TPSA) is 44.8 Å². The van der Waals surface area contributed by atoms with Crippen LogP contribution in [0.4, 0.5) is 0 Å². The van der Waals surface area contributed by atoms with E-state index in [1.54, 1.807) is 7.11 Å². The summed E-state index contributed by atoms with van der Waals surface area (Å²) in [5.74, 6) is 0.684. The van der Waals surface area contributed by atoms with Crippen LogP contribution in [0, 0.1) is 6.92 Å². The lowest BCUT2D eigenvalue weighted by atomic mass is 10.00. The third-order valence-corrected chi connectivity index (χ3v) is 3.41. The summed E-state index contributed by atoms with van der Waals surface area (Å²) in [6.07, 6.45) is 0. The lowest BCUT2D eigenvalue weighted by Crippen LogP contribution is -2.21. The predicted molar refractivity (Wildman–Crippen MR) is 84.4 cm³/mol. The van der Waals surface area contributed by atoms with Crippen molar-refractivity contribution in [1.82, 2.24) is 0 Å². The summed E-state index contributed by atoms with van der Waals surface area (Å²) in [7, 11) is 2.99. The maximum atomic E-state index is 12.0. The lowest BCUT2D eigenvalue weighted by molar-refractivity contribution is -0.143. The Labute approximate surface area is 130 Å². The average Bonchev–Trinajstić information content (AvgIpc) is 2.55. The summed E-state index contributed by atoms with van der Waals surface area (Å²) < 4.78 is 15.8. The Hall–Kier alpha value is -2.49. The molecule has 2 rings (SSSR count). The third-order valence-electron chi connectivity index (χ3n) is 3.41. The van der Waals surface area contributed by atoms with Crippen molar-refractivity contribution in [2.75, 3.05) is 20.8 Å². The molecule has 0 spiro atoms. The third kappa shape index (κ3) is 4.01. The summed E-state index contributed by atoms with van der Waals surface area (Å²) in [4.78, 5) is 12.0. The van der Waals surface area contributed by atoms with Gasteiger partial charge in [-0.1, -0.05) is 24.3 Å². The van der Waals surface area contributed by atoms with Gasteiger partial charge < -0.3 is 14.2 Å². The molecule has 2 aromatic carbocycles. The molecule has 0 aromatic heterocycles. The number of carbonyl (C=O) groups is 1. The molecule has 0 bridgehead atoms. The van der Waals surface area contributed by atoms with Crippen molar-refractivity contribution in [2.24, 2.45) is 0 Å². The summed E-state index contributed by atoms with van der Waals surface area (Å²) in [6, 6.07) is 15.0. The molecule has 0 aliphatic heterocycles. The first kappa shape index (κ1) is 15.9. The maximum Gasteiger partial charge on any atom is 0.316 e. The molecule has 1 unspecified atom stereocenters. The zero-order valence-electron chi connectivity index (χ0n) is 13.0. The molecule has 4 nitrogen and oxygen atoms in total. The number of hydrogen-bond donors (Lipinski definition) is 0. The second-order valence-electron chi connectivity index (χ2n) is 4.98. The minimum atomic E-state index is -0.476. The molecule has 0 amide bonds. The number of rotatable bonds is 6. The van der Waals surface area contributed by atoms with Gasteiger partial charge in [0.1, 0.15) is 24.0 Å². The molecule has 0 fully saturated rings. The first-order valence-corrected chi connectivity index (χ1v) is 7.05. The van der Waals surface area contributed by atoms with Crippen molar-refractivity contribution < 1.29 is 19.0 Å². The highest BCUT2D eigenvalue weighted by atomic mass is 16.5. The SMILES string of the molecule is COC(=O)C(COc1cccc(C)c1)c1ccc(OC)cc1. The van der Waals surface area contributed by atoms with Crippen molar-refractivity contribution in [3.63, 3.8) is 0 Å². The van der Waals surface area contributed by atoms with Gasteiger partial charge in [0, 0.05) is 0 Å². The smallest absolute Gasteiger partial charge is 0.316 e. The number of benzene rings is 2. The van der Waals surface area contributed by atoms with E-state index in [-0.39, 0.29) is 12.6 Å². The minimum Gasteiger partial charge on any atom is -0.497 e. The van der Waals surface area contributed by atoms with Gasteiger partial charge in [0.2, 0.25) is 0 Å². The molecule has 0 N–H and O–H groups in total. The van der Waals surface area contributed by atoms with Gasteiger partial charge in [-0.2, -0.15) is 0 Å². The van der Waals surface area contributed by atoms with Crippen molar-refractivity contribution in [3.05, 3.63) is 59.7 Å². The summed E-state index contributed by atoms with van der Waals surface area (Å²) in [6.45, 7) is 2.22. The van der Waals surface area contributed by atoms with E-state index in [4.69, 9.17) is 14.2 Å². The van der Waals surface area contributed by atoms with Gasteiger partial charge in [0.15, 0.2) is 0 Å². The van der Waals surface area contributed by atoms with E-state index in [1.165, 1.54) is 7.11 Å². The van der Waals surface area contributed by atoms with Crippen LogP contribution in [0.3, 0.4) is 0 Å². The number of aryl methyl sites for hydroxylation is 1. The highest BCUT2D eigenvalue weighted by molar-refractivity contribution is 5.78. The fourth-order valence-electron chi connectivity index (χ4n) is 2.16. The van der Waals surface area contributed by atoms with E-state index in [9.17, 15) is 4.79 Å². The molecule has 0 saturated carbocycles. The molecule has 0 saturated heterocycles. The van der Waals surface area contributed by atoms with Crippen LogP contribution in [0.2, 0.25) is 0 Å². The van der Waals surface area contributed by atoms with Crippen molar-refractivity contribution >= 4 is 5.97 Å².